The lowest BCUT2D eigenvalue weighted by atomic mass is 10.0. The second-order valence-corrected chi connectivity index (χ2v) is 6.67. The average molecular weight is 402 g/mol. The molecule has 0 fully saturated rings. The van der Waals surface area contributed by atoms with Gasteiger partial charge in [-0.3, -0.25) is 4.79 Å². The van der Waals surface area contributed by atoms with E-state index in [0.717, 1.165) is 23.2 Å². The molecule has 1 aliphatic heterocycles. The van der Waals surface area contributed by atoms with E-state index in [1.54, 1.807) is 12.1 Å². The molecule has 0 saturated heterocycles. The molecular formula is C20H20BrNO3. The number of ether oxygens (including phenoxy) is 1. The van der Waals surface area contributed by atoms with E-state index in [2.05, 4.69) is 22.9 Å². The van der Waals surface area contributed by atoms with Gasteiger partial charge in [-0.1, -0.05) is 25.1 Å². The zero-order chi connectivity index (χ0) is 18.0. The number of carbonyl (C=O) groups is 1. The number of amides is 1. The van der Waals surface area contributed by atoms with Gasteiger partial charge in [-0.25, -0.2) is 0 Å². The first-order chi connectivity index (χ1) is 12.1. The number of benzene rings is 2. The molecule has 0 spiro atoms. The molecule has 4 nitrogen and oxygen atoms in total. The van der Waals surface area contributed by atoms with Crippen LogP contribution in [0.5, 0.6) is 11.5 Å². The minimum Gasteiger partial charge on any atom is -0.503 e. The molecule has 0 bridgehead atoms. The fourth-order valence-electron chi connectivity index (χ4n) is 3.00. The highest BCUT2D eigenvalue weighted by Crippen LogP contribution is 2.40. The highest BCUT2D eigenvalue weighted by Gasteiger charge is 2.31. The summed E-state index contributed by atoms with van der Waals surface area (Å²) in [6.45, 7) is 5.06. The van der Waals surface area contributed by atoms with E-state index in [1.807, 2.05) is 42.2 Å². The zero-order valence-corrected chi connectivity index (χ0v) is 15.8. The Bertz CT molecular complexity index is 845. The van der Waals surface area contributed by atoms with Crippen LogP contribution in [-0.4, -0.2) is 24.2 Å². The van der Waals surface area contributed by atoms with Crippen molar-refractivity contribution in [2.45, 2.75) is 20.3 Å². The molecule has 1 amide bonds. The van der Waals surface area contributed by atoms with Crippen molar-refractivity contribution in [2.24, 2.45) is 0 Å². The maximum Gasteiger partial charge on any atom is 0.258 e. The average Bonchev–Trinajstić information content (AvgIpc) is 2.86. The Balaban J connectivity index is 2.08. The van der Waals surface area contributed by atoms with Gasteiger partial charge in [-0.2, -0.15) is 0 Å². The monoisotopic (exact) mass is 401 g/mol. The maximum absolute atomic E-state index is 12.9. The molecule has 5 heteroatoms. The quantitative estimate of drug-likeness (QED) is 0.728. The summed E-state index contributed by atoms with van der Waals surface area (Å²) in [6.07, 6.45) is 2.75. The molecule has 2 aromatic carbocycles. The van der Waals surface area contributed by atoms with Crippen LogP contribution in [0.3, 0.4) is 0 Å². The number of halogens is 1. The first-order valence-electron chi connectivity index (χ1n) is 8.35. The number of carbonyl (C=O) groups excluding carboxylic acids is 1. The summed E-state index contributed by atoms with van der Waals surface area (Å²) in [7, 11) is 0. The van der Waals surface area contributed by atoms with E-state index in [4.69, 9.17) is 4.74 Å². The van der Waals surface area contributed by atoms with Crippen LogP contribution in [0.25, 0.3) is 11.6 Å². The third-order valence-corrected chi connectivity index (χ3v) is 4.67. The van der Waals surface area contributed by atoms with Crippen LogP contribution in [0.1, 0.15) is 31.4 Å². The zero-order valence-electron chi connectivity index (χ0n) is 14.3. The molecule has 0 unspecified atom stereocenters. The molecule has 25 heavy (non-hydrogen) atoms. The minimum atomic E-state index is 0.00482. The maximum atomic E-state index is 12.9. The highest BCUT2D eigenvalue weighted by molar-refractivity contribution is 9.10. The normalized spacial score (nSPS) is 14.9. The fraction of sp³-hybridized carbons (Fsp3) is 0.250. The number of hydrogen-bond donors (Lipinski definition) is 1. The van der Waals surface area contributed by atoms with E-state index in [0.29, 0.717) is 28.9 Å². The number of phenols is 1. The molecule has 0 radical (unpaired) electrons. The third kappa shape index (κ3) is 3.29. The Morgan fingerprint density at radius 2 is 2.00 bits per heavy atom. The standard InChI is InChI=1S/C20H20BrNO3/c1-3-9-22-17-8-6-5-7-14(17)15(20(22)24)10-13-11-16(21)19(23)18(12-13)25-4-2/h5-8,10-12,23H,3-4,9H2,1-2H3/b15-10-. The number of fused-ring (bicyclic) bond motifs is 1. The number of rotatable bonds is 5. The van der Waals surface area contributed by atoms with Crippen LogP contribution in [0.15, 0.2) is 40.9 Å². The summed E-state index contributed by atoms with van der Waals surface area (Å²) < 4.78 is 6.01. The minimum absolute atomic E-state index is 0.00482. The number of para-hydroxylation sites is 1. The molecule has 1 N–H and O–H groups in total. The molecule has 1 heterocycles. The van der Waals surface area contributed by atoms with E-state index < -0.39 is 0 Å². The van der Waals surface area contributed by atoms with Gasteiger partial charge in [0.05, 0.1) is 16.8 Å². The van der Waals surface area contributed by atoms with Gasteiger partial charge < -0.3 is 14.7 Å². The summed E-state index contributed by atoms with van der Waals surface area (Å²) in [5, 5.41) is 10.1. The summed E-state index contributed by atoms with van der Waals surface area (Å²) in [5.41, 5.74) is 3.33. The molecule has 1 aliphatic rings. The van der Waals surface area contributed by atoms with E-state index in [9.17, 15) is 9.90 Å². The van der Waals surface area contributed by atoms with Crippen molar-refractivity contribution in [3.63, 3.8) is 0 Å². The smallest absolute Gasteiger partial charge is 0.258 e. The lowest BCUT2D eigenvalue weighted by Crippen LogP contribution is -2.26. The molecule has 130 valence electrons. The van der Waals surface area contributed by atoms with Gasteiger partial charge in [-0.05, 0) is 59.1 Å². The van der Waals surface area contributed by atoms with Crippen molar-refractivity contribution in [2.75, 3.05) is 18.1 Å². The molecule has 0 saturated carbocycles. The van der Waals surface area contributed by atoms with Crippen molar-refractivity contribution in [3.05, 3.63) is 52.0 Å². The van der Waals surface area contributed by atoms with Gasteiger partial charge in [0.15, 0.2) is 11.5 Å². The van der Waals surface area contributed by atoms with E-state index in [-0.39, 0.29) is 11.7 Å². The second kappa shape index (κ2) is 7.31. The molecule has 0 aliphatic carbocycles. The summed E-state index contributed by atoms with van der Waals surface area (Å²) in [6, 6.07) is 11.4. The number of hydrogen-bond acceptors (Lipinski definition) is 3. The Morgan fingerprint density at radius 3 is 2.72 bits per heavy atom. The lowest BCUT2D eigenvalue weighted by molar-refractivity contribution is -0.113. The molecule has 3 rings (SSSR count). The topological polar surface area (TPSA) is 49.8 Å². The molecule has 0 aromatic heterocycles. The van der Waals surface area contributed by atoms with Gasteiger partial charge in [0, 0.05) is 17.7 Å². The van der Waals surface area contributed by atoms with Gasteiger partial charge in [0.2, 0.25) is 0 Å². The van der Waals surface area contributed by atoms with Crippen molar-refractivity contribution in [1.82, 2.24) is 0 Å². The predicted octanol–water partition coefficient (Wildman–Crippen LogP) is 4.85. The second-order valence-electron chi connectivity index (χ2n) is 5.81. The first kappa shape index (κ1) is 17.5. The summed E-state index contributed by atoms with van der Waals surface area (Å²) >= 11 is 3.35. The predicted molar refractivity (Wildman–Crippen MR) is 104 cm³/mol. The third-order valence-electron chi connectivity index (χ3n) is 4.07. The number of phenolic OH excluding ortho intramolecular Hbond substituents is 1. The SMILES string of the molecule is CCCN1C(=O)/C(=C\c2cc(Br)c(O)c(OCC)c2)c2ccccc21. The summed E-state index contributed by atoms with van der Waals surface area (Å²) in [4.78, 5) is 14.7. The van der Waals surface area contributed by atoms with Crippen molar-refractivity contribution in [1.29, 1.82) is 0 Å². The Hall–Kier alpha value is -2.27. The highest BCUT2D eigenvalue weighted by atomic mass is 79.9. The van der Waals surface area contributed by atoms with Crippen molar-refractivity contribution >= 4 is 39.2 Å². The van der Waals surface area contributed by atoms with Crippen LogP contribution < -0.4 is 9.64 Å². The number of nitrogens with zero attached hydrogens (tertiary/aromatic N) is 1. The Kier molecular flexibility index (Phi) is 5.13. The number of aromatic hydroxyl groups is 1. The Labute approximate surface area is 155 Å². The van der Waals surface area contributed by atoms with Crippen molar-refractivity contribution < 1.29 is 14.6 Å². The van der Waals surface area contributed by atoms with Crippen LogP contribution >= 0.6 is 15.9 Å². The molecular weight excluding hydrogens is 382 g/mol. The van der Waals surface area contributed by atoms with Gasteiger partial charge in [-0.15, -0.1) is 0 Å². The van der Waals surface area contributed by atoms with Crippen LogP contribution in [0.2, 0.25) is 0 Å². The van der Waals surface area contributed by atoms with E-state index in [1.165, 1.54) is 0 Å². The largest absolute Gasteiger partial charge is 0.503 e. The Morgan fingerprint density at radius 1 is 1.24 bits per heavy atom. The van der Waals surface area contributed by atoms with Gasteiger partial charge in [0.25, 0.3) is 5.91 Å². The van der Waals surface area contributed by atoms with Crippen LogP contribution in [-0.2, 0) is 4.79 Å². The van der Waals surface area contributed by atoms with Gasteiger partial charge >= 0.3 is 0 Å². The lowest BCUT2D eigenvalue weighted by Gasteiger charge is -2.15. The van der Waals surface area contributed by atoms with Crippen molar-refractivity contribution in [3.8, 4) is 11.5 Å². The van der Waals surface area contributed by atoms with Crippen LogP contribution in [0.4, 0.5) is 5.69 Å². The van der Waals surface area contributed by atoms with Crippen LogP contribution in [0, 0.1) is 0 Å². The summed E-state index contributed by atoms with van der Waals surface area (Å²) in [5.74, 6) is 0.466. The van der Waals surface area contributed by atoms with E-state index >= 15 is 0 Å². The van der Waals surface area contributed by atoms with Gasteiger partial charge in [0.1, 0.15) is 0 Å². The molecule has 2 aromatic rings. The molecule has 0 atom stereocenters. The first-order valence-corrected chi connectivity index (χ1v) is 9.14. The fourth-order valence-corrected chi connectivity index (χ4v) is 3.46. The number of anilines is 1.